The van der Waals surface area contributed by atoms with Gasteiger partial charge in [0.25, 0.3) is 18.3 Å². The summed E-state index contributed by atoms with van der Waals surface area (Å²) in [6.45, 7) is 5.00. The molecule has 240 valence electrons. The lowest BCUT2D eigenvalue weighted by molar-refractivity contribution is -0.147. The molecule has 0 aliphatic carbocycles. The Bertz CT molecular complexity index is 1680. The third-order valence-corrected chi connectivity index (χ3v) is 9.49. The molecule has 1 amide bonds. The molecule has 1 aliphatic rings. The summed E-state index contributed by atoms with van der Waals surface area (Å²) < 4.78 is 105. The molecule has 1 aliphatic heterocycles. The average molecular weight is 666 g/mol. The first kappa shape index (κ1) is 33.4. The van der Waals surface area contributed by atoms with Crippen LogP contribution in [0.2, 0.25) is 0 Å². The number of aliphatic carboxylic acids is 1. The summed E-state index contributed by atoms with van der Waals surface area (Å²) in [6.07, 6.45) is -5.03. The number of alkyl halides is 4. The Morgan fingerprint density at radius 2 is 1.82 bits per heavy atom. The summed E-state index contributed by atoms with van der Waals surface area (Å²) in [5.41, 5.74) is -3.66. The molecule has 0 saturated carbocycles. The molecule has 11 nitrogen and oxygen atoms in total. The average Bonchev–Trinajstić information content (AvgIpc) is 3.54. The number of halogens is 5. The molecule has 0 unspecified atom stereocenters. The van der Waals surface area contributed by atoms with E-state index in [0.29, 0.717) is 11.3 Å². The zero-order valence-electron chi connectivity index (χ0n) is 23.8. The Hall–Kier alpha value is -3.51. The van der Waals surface area contributed by atoms with Crippen LogP contribution in [0.3, 0.4) is 0 Å². The minimum atomic E-state index is -4.55. The van der Waals surface area contributed by atoms with Crippen molar-refractivity contribution in [3.05, 3.63) is 35.1 Å². The number of nitrogens with one attached hydrogen (secondary N) is 1. The minimum Gasteiger partial charge on any atom is -0.481 e. The fraction of sp³-hybridized carbons (Fsp3) is 0.500. The molecule has 0 atom stereocenters. The standard InChI is InChI=1S/C26H28F5N5O6S2/c1-12(2)35-44(40,41)14-6-5-13(16(17(14)27)20(28)29)19-18(23(37)36-9-7-26(30,31)8-10-36)33-22(43-19)21-32-15(42-34-21)11-25(3,4)24(38)39/h5-6,12,20,35H,7-11H2,1-4H3,(H,38,39). The van der Waals surface area contributed by atoms with Crippen molar-refractivity contribution in [1.82, 2.24) is 24.7 Å². The molecule has 0 spiro atoms. The number of rotatable bonds is 10. The highest BCUT2D eigenvalue weighted by molar-refractivity contribution is 7.89. The number of nitrogens with zero attached hydrogens (tertiary/aromatic N) is 4. The normalized spacial score (nSPS) is 15.8. The third-order valence-electron chi connectivity index (χ3n) is 6.73. The van der Waals surface area contributed by atoms with Crippen LogP contribution >= 0.6 is 11.3 Å². The Balaban J connectivity index is 1.86. The highest BCUT2D eigenvalue weighted by atomic mass is 32.2. The van der Waals surface area contributed by atoms with Gasteiger partial charge in [0.05, 0.1) is 15.9 Å². The molecule has 3 aromatic rings. The van der Waals surface area contributed by atoms with E-state index in [2.05, 4.69) is 19.8 Å². The molecule has 1 fully saturated rings. The van der Waals surface area contributed by atoms with E-state index in [-0.39, 0.29) is 41.1 Å². The van der Waals surface area contributed by atoms with Gasteiger partial charge < -0.3 is 14.5 Å². The van der Waals surface area contributed by atoms with Crippen LogP contribution in [0.4, 0.5) is 22.0 Å². The van der Waals surface area contributed by atoms with E-state index in [0.717, 1.165) is 17.0 Å². The number of sulfonamides is 1. The van der Waals surface area contributed by atoms with Gasteiger partial charge in [-0.15, -0.1) is 11.3 Å². The van der Waals surface area contributed by atoms with Crippen LogP contribution < -0.4 is 4.72 Å². The van der Waals surface area contributed by atoms with Crippen LogP contribution in [0.5, 0.6) is 0 Å². The fourth-order valence-corrected chi connectivity index (χ4v) is 6.73. The van der Waals surface area contributed by atoms with Gasteiger partial charge in [0, 0.05) is 44.0 Å². The monoisotopic (exact) mass is 665 g/mol. The van der Waals surface area contributed by atoms with Gasteiger partial charge in [0.2, 0.25) is 21.7 Å². The smallest absolute Gasteiger partial charge is 0.309 e. The second-order valence-electron chi connectivity index (χ2n) is 11.1. The Labute approximate surface area is 252 Å². The van der Waals surface area contributed by atoms with Gasteiger partial charge >= 0.3 is 5.97 Å². The van der Waals surface area contributed by atoms with Crippen molar-refractivity contribution < 1.29 is 49.6 Å². The summed E-state index contributed by atoms with van der Waals surface area (Å²) in [7, 11) is -4.55. The van der Waals surface area contributed by atoms with Gasteiger partial charge in [-0.1, -0.05) is 11.2 Å². The molecule has 0 bridgehead atoms. The molecule has 44 heavy (non-hydrogen) atoms. The van der Waals surface area contributed by atoms with Crippen molar-refractivity contribution in [2.75, 3.05) is 13.1 Å². The Morgan fingerprint density at radius 1 is 1.18 bits per heavy atom. The summed E-state index contributed by atoms with van der Waals surface area (Å²) in [6, 6.07) is 1.01. The number of carboxylic acid groups (broad SMARTS) is 1. The zero-order valence-corrected chi connectivity index (χ0v) is 25.5. The number of aromatic nitrogens is 3. The number of thiazole rings is 1. The number of piperidine rings is 1. The lowest BCUT2D eigenvalue weighted by Gasteiger charge is -2.31. The van der Waals surface area contributed by atoms with Gasteiger partial charge in [0.15, 0.2) is 10.8 Å². The van der Waals surface area contributed by atoms with Crippen LogP contribution in [-0.4, -0.2) is 70.5 Å². The first-order chi connectivity index (χ1) is 20.3. The number of amides is 1. The van der Waals surface area contributed by atoms with E-state index >= 15 is 4.39 Å². The predicted octanol–water partition coefficient (Wildman–Crippen LogP) is 5.15. The second-order valence-corrected chi connectivity index (χ2v) is 13.8. The van der Waals surface area contributed by atoms with Gasteiger partial charge in [-0.2, -0.15) is 4.98 Å². The van der Waals surface area contributed by atoms with Gasteiger partial charge in [0.1, 0.15) is 10.6 Å². The highest BCUT2D eigenvalue weighted by Gasteiger charge is 2.38. The number of carbonyl (C=O) groups excluding carboxylic acids is 1. The van der Waals surface area contributed by atoms with Crippen LogP contribution in [0, 0.1) is 11.2 Å². The predicted molar refractivity (Wildman–Crippen MR) is 146 cm³/mol. The first-order valence-electron chi connectivity index (χ1n) is 13.2. The van der Waals surface area contributed by atoms with E-state index in [1.807, 2.05) is 0 Å². The molecule has 4 rings (SSSR count). The SMILES string of the molecule is CC(C)NS(=O)(=O)c1ccc(-c2sc(-c3noc(CC(C)(C)C(=O)O)n3)nc2C(=O)N2CCC(F)(F)CC2)c(C(F)F)c1F. The van der Waals surface area contributed by atoms with Crippen LogP contribution in [-0.2, 0) is 21.2 Å². The number of likely N-dealkylation sites (tertiary alicyclic amines) is 1. The first-order valence-corrected chi connectivity index (χ1v) is 15.5. The van der Waals surface area contributed by atoms with Crippen molar-refractivity contribution in [3.8, 4) is 21.3 Å². The third kappa shape index (κ3) is 6.91. The highest BCUT2D eigenvalue weighted by Crippen LogP contribution is 2.42. The summed E-state index contributed by atoms with van der Waals surface area (Å²) in [5.74, 6) is -7.15. The van der Waals surface area contributed by atoms with E-state index < -0.39 is 86.1 Å². The topological polar surface area (TPSA) is 156 Å². The van der Waals surface area contributed by atoms with E-state index in [1.54, 1.807) is 0 Å². The molecule has 0 radical (unpaired) electrons. The van der Waals surface area contributed by atoms with Crippen LogP contribution in [0.15, 0.2) is 21.6 Å². The van der Waals surface area contributed by atoms with Gasteiger partial charge in [-0.25, -0.2) is 40.1 Å². The lowest BCUT2D eigenvalue weighted by atomic mass is 9.90. The quantitative estimate of drug-likeness (QED) is 0.280. The van der Waals surface area contributed by atoms with Gasteiger partial charge in [-0.3, -0.25) is 9.59 Å². The molecule has 1 aromatic carbocycles. The van der Waals surface area contributed by atoms with Gasteiger partial charge in [-0.05, 0) is 33.8 Å². The summed E-state index contributed by atoms with van der Waals surface area (Å²) in [5, 5.41) is 13.0. The molecular formula is C26H28F5N5O6S2. The van der Waals surface area contributed by atoms with E-state index in [1.165, 1.54) is 27.7 Å². The van der Waals surface area contributed by atoms with Crippen molar-refractivity contribution in [2.45, 2.75) is 70.2 Å². The Kier molecular flexibility index (Phi) is 9.19. The van der Waals surface area contributed by atoms with Crippen LogP contribution in [0.1, 0.15) is 68.9 Å². The van der Waals surface area contributed by atoms with Crippen molar-refractivity contribution >= 4 is 33.2 Å². The van der Waals surface area contributed by atoms with E-state index in [4.69, 9.17) is 4.52 Å². The maximum absolute atomic E-state index is 15.6. The number of benzene rings is 1. The zero-order chi connectivity index (χ0) is 32.8. The molecule has 2 N–H and O–H groups in total. The minimum absolute atomic E-state index is 0.109. The van der Waals surface area contributed by atoms with Crippen molar-refractivity contribution in [1.29, 1.82) is 0 Å². The van der Waals surface area contributed by atoms with Crippen molar-refractivity contribution in [3.63, 3.8) is 0 Å². The number of hydrogen-bond acceptors (Lipinski definition) is 9. The fourth-order valence-electron chi connectivity index (χ4n) is 4.36. The maximum atomic E-state index is 15.6. The molecule has 18 heteroatoms. The summed E-state index contributed by atoms with van der Waals surface area (Å²) in [4.78, 5) is 33.1. The lowest BCUT2D eigenvalue weighted by Crippen LogP contribution is -2.43. The molecule has 2 aromatic heterocycles. The van der Waals surface area contributed by atoms with Crippen molar-refractivity contribution in [2.24, 2.45) is 5.41 Å². The summed E-state index contributed by atoms with van der Waals surface area (Å²) >= 11 is 0.587. The Morgan fingerprint density at radius 3 is 2.39 bits per heavy atom. The molecular weight excluding hydrogens is 637 g/mol. The van der Waals surface area contributed by atoms with Crippen LogP contribution in [0.25, 0.3) is 21.3 Å². The second kappa shape index (κ2) is 12.1. The number of hydrogen-bond donors (Lipinski definition) is 2. The van der Waals surface area contributed by atoms with E-state index in [9.17, 15) is 40.7 Å². The number of carbonyl (C=O) groups is 2. The molecule has 3 heterocycles. The largest absolute Gasteiger partial charge is 0.481 e. The molecule has 1 saturated heterocycles. The maximum Gasteiger partial charge on any atom is 0.309 e. The number of carboxylic acids is 1.